The van der Waals surface area contributed by atoms with Gasteiger partial charge in [-0.05, 0) is 6.92 Å². The Morgan fingerprint density at radius 2 is 2.40 bits per heavy atom. The largest absolute Gasteiger partial charge is 0.371 e. The normalized spacial score (nSPS) is 12.2. The maximum absolute atomic E-state index is 10.4. The lowest BCUT2D eigenvalue weighted by atomic mass is 10.4. The quantitative estimate of drug-likeness (QED) is 0.313. The van der Waals surface area contributed by atoms with Crippen molar-refractivity contribution in [3.05, 3.63) is 0 Å². The van der Waals surface area contributed by atoms with Crippen LogP contribution in [0.2, 0.25) is 0 Å². The molecule has 0 aliphatic heterocycles. The Hall–Kier alpha value is -0.940. The topological polar surface area (TPSA) is 78.6 Å². The monoisotopic (exact) mass is 147 g/mol. The van der Waals surface area contributed by atoms with E-state index in [-0.39, 0.29) is 6.61 Å². The highest BCUT2D eigenvalue weighted by molar-refractivity contribution is 5.90. The molecule has 10 heavy (non-hydrogen) atoms. The molecule has 1 unspecified atom stereocenters. The van der Waals surface area contributed by atoms with Crippen molar-refractivity contribution in [3.8, 4) is 0 Å². The van der Waals surface area contributed by atoms with Gasteiger partial charge in [0.15, 0.2) is 6.29 Å². The van der Waals surface area contributed by atoms with Crippen molar-refractivity contribution in [2.45, 2.75) is 13.0 Å². The lowest BCUT2D eigenvalue weighted by molar-refractivity contribution is -0.158. The fourth-order valence-electron chi connectivity index (χ4n) is 0.410. The summed E-state index contributed by atoms with van der Waals surface area (Å²) in [6, 6.07) is 0. The molecule has 0 aliphatic carbocycles. The van der Waals surface area contributed by atoms with Crippen LogP contribution in [0, 0.1) is 0 Å². The van der Waals surface area contributed by atoms with E-state index < -0.39 is 12.1 Å². The van der Waals surface area contributed by atoms with Gasteiger partial charge in [-0.3, -0.25) is 4.79 Å². The molecule has 0 rings (SSSR count). The predicted octanol–water partition coefficient (Wildman–Crippen LogP) is -0.993. The van der Waals surface area contributed by atoms with Crippen LogP contribution < -0.4 is 5.90 Å². The molecule has 58 valence electrons. The lowest BCUT2D eigenvalue weighted by Gasteiger charge is -2.05. The second-order valence-corrected chi connectivity index (χ2v) is 1.45. The van der Waals surface area contributed by atoms with Crippen molar-refractivity contribution in [2.75, 3.05) is 6.61 Å². The van der Waals surface area contributed by atoms with Gasteiger partial charge >= 0.3 is 5.97 Å². The van der Waals surface area contributed by atoms with Gasteiger partial charge in [0.25, 0.3) is 0 Å². The fourth-order valence-corrected chi connectivity index (χ4v) is 0.410. The first-order valence-corrected chi connectivity index (χ1v) is 2.73. The zero-order chi connectivity index (χ0) is 7.98. The van der Waals surface area contributed by atoms with Crippen molar-refractivity contribution in [1.82, 2.24) is 0 Å². The van der Waals surface area contributed by atoms with E-state index in [0.29, 0.717) is 6.29 Å². The Morgan fingerprint density at radius 1 is 1.80 bits per heavy atom. The minimum absolute atomic E-state index is 0.262. The Morgan fingerprint density at radius 3 is 2.70 bits per heavy atom. The van der Waals surface area contributed by atoms with Gasteiger partial charge in [-0.25, -0.2) is 4.79 Å². The number of aldehydes is 1. The Bertz CT molecular complexity index is 125. The van der Waals surface area contributed by atoms with Crippen LogP contribution in [-0.2, 0) is 19.2 Å². The minimum Gasteiger partial charge on any atom is -0.371 e. The Labute approximate surface area is 58.0 Å². The van der Waals surface area contributed by atoms with E-state index in [0.717, 1.165) is 0 Å². The standard InChI is InChI=1S/C5H9NO4/c1-2-9-4(3-7)5(8)10-6/h3-4H,2,6H2,1H3. The SMILES string of the molecule is CCOC(C=O)C(=O)ON. The van der Waals surface area contributed by atoms with Gasteiger partial charge in [0.05, 0.1) is 0 Å². The third-order valence-corrected chi connectivity index (χ3v) is 0.818. The number of carbonyl (C=O) groups excluding carboxylic acids is 2. The minimum atomic E-state index is -1.19. The second kappa shape index (κ2) is 4.89. The molecular weight excluding hydrogens is 138 g/mol. The number of hydrogen-bond donors (Lipinski definition) is 1. The predicted molar refractivity (Wildman–Crippen MR) is 31.8 cm³/mol. The van der Waals surface area contributed by atoms with Crippen LogP contribution in [0.3, 0.4) is 0 Å². The van der Waals surface area contributed by atoms with Gasteiger partial charge in [0.2, 0.25) is 6.10 Å². The highest BCUT2D eigenvalue weighted by atomic mass is 16.7. The number of hydrogen-bond acceptors (Lipinski definition) is 5. The summed E-state index contributed by atoms with van der Waals surface area (Å²) in [4.78, 5) is 24.2. The fraction of sp³-hybridized carbons (Fsp3) is 0.600. The first-order chi connectivity index (χ1) is 4.76. The van der Waals surface area contributed by atoms with Gasteiger partial charge in [-0.15, -0.1) is 0 Å². The molecule has 0 bridgehead atoms. The average molecular weight is 147 g/mol. The molecule has 1 atom stereocenters. The summed E-state index contributed by atoms with van der Waals surface area (Å²) in [6.45, 7) is 1.92. The summed E-state index contributed by atoms with van der Waals surface area (Å²) in [5.41, 5.74) is 0. The Balaban J connectivity index is 3.80. The third-order valence-electron chi connectivity index (χ3n) is 0.818. The number of rotatable bonds is 4. The van der Waals surface area contributed by atoms with E-state index in [2.05, 4.69) is 15.5 Å². The summed E-state index contributed by atoms with van der Waals surface area (Å²) >= 11 is 0. The Kier molecular flexibility index (Phi) is 4.43. The molecule has 0 heterocycles. The number of ether oxygens (including phenoxy) is 1. The van der Waals surface area contributed by atoms with E-state index in [9.17, 15) is 9.59 Å². The average Bonchev–Trinajstić information content (AvgIpc) is 1.99. The zero-order valence-corrected chi connectivity index (χ0v) is 5.57. The van der Waals surface area contributed by atoms with Crippen LogP contribution in [-0.4, -0.2) is 25.0 Å². The van der Waals surface area contributed by atoms with Crippen LogP contribution in [0.25, 0.3) is 0 Å². The van der Waals surface area contributed by atoms with Crippen molar-refractivity contribution in [3.63, 3.8) is 0 Å². The smallest absolute Gasteiger partial charge is 0.361 e. The van der Waals surface area contributed by atoms with Crippen LogP contribution in [0.4, 0.5) is 0 Å². The van der Waals surface area contributed by atoms with E-state index in [1.807, 2.05) is 0 Å². The van der Waals surface area contributed by atoms with Gasteiger partial charge in [0.1, 0.15) is 0 Å². The molecule has 5 nitrogen and oxygen atoms in total. The zero-order valence-electron chi connectivity index (χ0n) is 5.57. The molecule has 0 spiro atoms. The van der Waals surface area contributed by atoms with Gasteiger partial charge in [0, 0.05) is 6.61 Å². The van der Waals surface area contributed by atoms with Crippen molar-refractivity contribution in [1.29, 1.82) is 0 Å². The van der Waals surface area contributed by atoms with Crippen LogP contribution in [0.15, 0.2) is 0 Å². The number of carbonyl (C=O) groups is 2. The molecule has 0 aromatic carbocycles. The highest BCUT2D eigenvalue weighted by Crippen LogP contribution is 1.88. The highest BCUT2D eigenvalue weighted by Gasteiger charge is 2.17. The summed E-state index contributed by atoms with van der Waals surface area (Å²) in [5.74, 6) is 3.61. The van der Waals surface area contributed by atoms with E-state index in [1.165, 1.54) is 0 Å². The van der Waals surface area contributed by atoms with Gasteiger partial charge < -0.3 is 9.57 Å². The lowest BCUT2D eigenvalue weighted by Crippen LogP contribution is -2.29. The summed E-state index contributed by atoms with van der Waals surface area (Å²) in [6.07, 6.45) is -0.853. The molecule has 0 radical (unpaired) electrons. The first-order valence-electron chi connectivity index (χ1n) is 2.73. The molecule has 0 aromatic heterocycles. The summed E-state index contributed by atoms with van der Waals surface area (Å²) in [5, 5.41) is 0. The van der Waals surface area contributed by atoms with Crippen molar-refractivity contribution in [2.24, 2.45) is 5.90 Å². The maximum Gasteiger partial charge on any atom is 0.361 e. The molecule has 0 aromatic rings. The number of nitrogens with two attached hydrogens (primary N) is 1. The van der Waals surface area contributed by atoms with Crippen LogP contribution in [0.1, 0.15) is 6.92 Å². The van der Waals surface area contributed by atoms with Gasteiger partial charge in [-0.2, -0.15) is 5.90 Å². The summed E-state index contributed by atoms with van der Waals surface area (Å²) < 4.78 is 4.62. The molecule has 0 fully saturated rings. The molecule has 5 heteroatoms. The first kappa shape index (κ1) is 9.06. The van der Waals surface area contributed by atoms with Gasteiger partial charge in [-0.1, -0.05) is 0 Å². The molecule has 0 amide bonds. The van der Waals surface area contributed by atoms with E-state index in [1.54, 1.807) is 6.92 Å². The van der Waals surface area contributed by atoms with Crippen LogP contribution in [0.5, 0.6) is 0 Å². The van der Waals surface area contributed by atoms with E-state index >= 15 is 0 Å². The van der Waals surface area contributed by atoms with Crippen LogP contribution >= 0.6 is 0 Å². The van der Waals surface area contributed by atoms with E-state index in [4.69, 9.17) is 0 Å². The molecule has 0 saturated carbocycles. The van der Waals surface area contributed by atoms with Crippen molar-refractivity contribution < 1.29 is 19.2 Å². The summed E-state index contributed by atoms with van der Waals surface area (Å²) in [7, 11) is 0. The van der Waals surface area contributed by atoms with Crippen molar-refractivity contribution >= 4 is 12.3 Å². The molecular formula is C5H9NO4. The third kappa shape index (κ3) is 2.56. The second-order valence-electron chi connectivity index (χ2n) is 1.45. The molecule has 0 saturated heterocycles. The molecule has 0 aliphatic rings. The molecule has 2 N–H and O–H groups in total. The maximum atomic E-state index is 10.4.